The van der Waals surface area contributed by atoms with Crippen LogP contribution in [0.1, 0.15) is 12.8 Å². The van der Waals surface area contributed by atoms with E-state index in [4.69, 9.17) is 16.0 Å². The number of amides is 1. The molecule has 1 aromatic heterocycles. The van der Waals surface area contributed by atoms with E-state index in [1.807, 2.05) is 41.3 Å². The predicted octanol–water partition coefficient (Wildman–Crippen LogP) is 4.09. The van der Waals surface area contributed by atoms with Crippen molar-refractivity contribution >= 4 is 40.3 Å². The summed E-state index contributed by atoms with van der Waals surface area (Å²) >= 11 is 6.12. The molecule has 1 saturated heterocycles. The molecule has 0 radical (unpaired) electrons. The molecule has 2 aromatic carbocycles. The Labute approximate surface area is 144 Å². The molecule has 122 valence electrons. The minimum Gasteiger partial charge on any atom is -0.423 e. The number of nitrogens with one attached hydrogen (secondary N) is 1. The molecule has 1 aliphatic heterocycles. The molecular weight excluding hydrogens is 326 g/mol. The van der Waals surface area contributed by atoms with Gasteiger partial charge in [-0.2, -0.15) is 4.98 Å². The van der Waals surface area contributed by atoms with E-state index in [0.717, 1.165) is 30.5 Å². The maximum atomic E-state index is 12.7. The third kappa shape index (κ3) is 2.71. The van der Waals surface area contributed by atoms with Crippen LogP contribution in [0.3, 0.4) is 0 Å². The number of oxazole rings is 1. The van der Waals surface area contributed by atoms with Crippen LogP contribution in [0.25, 0.3) is 11.1 Å². The molecule has 1 unspecified atom stereocenters. The first kappa shape index (κ1) is 15.0. The zero-order valence-corrected chi connectivity index (χ0v) is 13.7. The normalized spacial score (nSPS) is 17.4. The molecule has 2 heterocycles. The van der Waals surface area contributed by atoms with Crippen LogP contribution in [0, 0.1) is 0 Å². The second kappa shape index (κ2) is 6.17. The summed E-state index contributed by atoms with van der Waals surface area (Å²) in [5.74, 6) is -0.0946. The van der Waals surface area contributed by atoms with Crippen LogP contribution >= 0.6 is 11.6 Å². The van der Waals surface area contributed by atoms with Gasteiger partial charge in [-0.1, -0.05) is 35.9 Å². The number of para-hydroxylation sites is 3. The molecule has 1 atom stereocenters. The van der Waals surface area contributed by atoms with Crippen molar-refractivity contribution in [3.05, 3.63) is 53.6 Å². The third-order valence-corrected chi connectivity index (χ3v) is 4.55. The van der Waals surface area contributed by atoms with Crippen LogP contribution < -0.4 is 10.2 Å². The lowest BCUT2D eigenvalue weighted by atomic mass is 10.2. The van der Waals surface area contributed by atoms with Crippen molar-refractivity contribution in [1.82, 2.24) is 4.98 Å². The Morgan fingerprint density at radius 2 is 2.00 bits per heavy atom. The smallest absolute Gasteiger partial charge is 0.299 e. The molecule has 3 aromatic rings. The largest absolute Gasteiger partial charge is 0.423 e. The molecule has 4 rings (SSSR count). The van der Waals surface area contributed by atoms with Gasteiger partial charge in [0, 0.05) is 6.54 Å². The van der Waals surface area contributed by atoms with Crippen molar-refractivity contribution in [2.75, 3.05) is 16.8 Å². The van der Waals surface area contributed by atoms with Crippen LogP contribution in [0.4, 0.5) is 11.7 Å². The minimum atomic E-state index is -0.311. The van der Waals surface area contributed by atoms with Crippen molar-refractivity contribution in [3.8, 4) is 0 Å². The van der Waals surface area contributed by atoms with Gasteiger partial charge in [0.1, 0.15) is 11.6 Å². The van der Waals surface area contributed by atoms with Crippen molar-refractivity contribution < 1.29 is 9.21 Å². The molecule has 0 aliphatic carbocycles. The average molecular weight is 342 g/mol. The number of hydrogen-bond donors (Lipinski definition) is 1. The summed E-state index contributed by atoms with van der Waals surface area (Å²) in [5, 5.41) is 3.43. The van der Waals surface area contributed by atoms with Crippen LogP contribution in [0.2, 0.25) is 5.02 Å². The fourth-order valence-corrected chi connectivity index (χ4v) is 3.21. The molecule has 1 amide bonds. The van der Waals surface area contributed by atoms with Gasteiger partial charge in [0.05, 0.1) is 10.7 Å². The SMILES string of the molecule is O=C(Nc1ccccc1Cl)C1CCCN1c1nc2ccccc2o1. The second-order valence-corrected chi connectivity index (χ2v) is 6.19. The molecule has 0 saturated carbocycles. The quantitative estimate of drug-likeness (QED) is 0.779. The topological polar surface area (TPSA) is 58.4 Å². The highest BCUT2D eigenvalue weighted by molar-refractivity contribution is 6.33. The van der Waals surface area contributed by atoms with Gasteiger partial charge in [-0.25, -0.2) is 0 Å². The van der Waals surface area contributed by atoms with Crippen molar-refractivity contribution in [2.45, 2.75) is 18.9 Å². The standard InChI is InChI=1S/C18H16ClN3O2/c19-12-6-1-2-7-13(12)20-17(23)15-9-5-11-22(15)18-21-14-8-3-4-10-16(14)24-18/h1-4,6-8,10,15H,5,9,11H2,(H,20,23). The lowest BCUT2D eigenvalue weighted by Gasteiger charge is -2.22. The Bertz CT molecular complexity index is 860. The van der Waals surface area contributed by atoms with E-state index < -0.39 is 0 Å². The molecule has 1 aliphatic rings. The molecule has 24 heavy (non-hydrogen) atoms. The highest BCUT2D eigenvalue weighted by Gasteiger charge is 2.34. The van der Waals surface area contributed by atoms with Gasteiger partial charge in [-0.05, 0) is 37.1 Å². The van der Waals surface area contributed by atoms with Crippen molar-refractivity contribution in [3.63, 3.8) is 0 Å². The van der Waals surface area contributed by atoms with Crippen LogP contribution in [0.15, 0.2) is 52.9 Å². The Kier molecular flexibility index (Phi) is 3.86. The fourth-order valence-electron chi connectivity index (χ4n) is 3.03. The average Bonchev–Trinajstić information content (AvgIpc) is 3.23. The zero-order chi connectivity index (χ0) is 16.5. The van der Waals surface area contributed by atoms with Crippen molar-refractivity contribution in [2.24, 2.45) is 0 Å². The number of fused-ring (bicyclic) bond motifs is 1. The van der Waals surface area contributed by atoms with Crippen LogP contribution in [-0.2, 0) is 4.79 Å². The Balaban J connectivity index is 1.58. The van der Waals surface area contributed by atoms with E-state index in [-0.39, 0.29) is 11.9 Å². The summed E-state index contributed by atoms with van der Waals surface area (Å²) in [6.45, 7) is 0.743. The Hall–Kier alpha value is -2.53. The predicted molar refractivity (Wildman–Crippen MR) is 94.5 cm³/mol. The van der Waals surface area contributed by atoms with Crippen LogP contribution in [0.5, 0.6) is 0 Å². The number of hydrogen-bond acceptors (Lipinski definition) is 4. The number of halogens is 1. The number of carbonyl (C=O) groups excluding carboxylic acids is 1. The molecule has 5 nitrogen and oxygen atoms in total. The maximum absolute atomic E-state index is 12.7. The van der Waals surface area contributed by atoms with Gasteiger partial charge in [0.2, 0.25) is 5.91 Å². The van der Waals surface area contributed by atoms with E-state index in [0.29, 0.717) is 16.7 Å². The monoisotopic (exact) mass is 341 g/mol. The summed E-state index contributed by atoms with van der Waals surface area (Å²) in [6.07, 6.45) is 1.67. The summed E-state index contributed by atoms with van der Waals surface area (Å²) in [4.78, 5) is 19.1. The summed E-state index contributed by atoms with van der Waals surface area (Å²) < 4.78 is 5.82. The first-order valence-corrected chi connectivity index (χ1v) is 8.28. The Morgan fingerprint density at radius 3 is 2.83 bits per heavy atom. The summed E-state index contributed by atoms with van der Waals surface area (Å²) in [5.41, 5.74) is 2.14. The number of rotatable bonds is 3. The van der Waals surface area contributed by atoms with Gasteiger partial charge in [0.15, 0.2) is 5.58 Å². The van der Waals surface area contributed by atoms with E-state index in [9.17, 15) is 4.79 Å². The van der Waals surface area contributed by atoms with E-state index in [1.165, 1.54) is 0 Å². The highest BCUT2D eigenvalue weighted by Crippen LogP contribution is 2.29. The lowest BCUT2D eigenvalue weighted by Crippen LogP contribution is -2.39. The molecular formula is C18H16ClN3O2. The lowest BCUT2D eigenvalue weighted by molar-refractivity contribution is -0.117. The molecule has 6 heteroatoms. The summed E-state index contributed by atoms with van der Waals surface area (Å²) in [7, 11) is 0. The summed E-state index contributed by atoms with van der Waals surface area (Å²) in [6, 6.07) is 15.0. The van der Waals surface area contributed by atoms with E-state index in [2.05, 4.69) is 10.3 Å². The van der Waals surface area contributed by atoms with Gasteiger partial charge in [-0.15, -0.1) is 0 Å². The zero-order valence-electron chi connectivity index (χ0n) is 12.9. The number of nitrogens with zero attached hydrogens (tertiary/aromatic N) is 2. The molecule has 0 spiro atoms. The van der Waals surface area contributed by atoms with Gasteiger partial charge in [-0.3, -0.25) is 4.79 Å². The fraction of sp³-hybridized carbons (Fsp3) is 0.222. The second-order valence-electron chi connectivity index (χ2n) is 5.78. The van der Waals surface area contributed by atoms with Gasteiger partial charge < -0.3 is 14.6 Å². The number of carbonyl (C=O) groups is 1. The first-order chi connectivity index (χ1) is 11.7. The van der Waals surface area contributed by atoms with E-state index >= 15 is 0 Å². The van der Waals surface area contributed by atoms with Crippen molar-refractivity contribution in [1.29, 1.82) is 0 Å². The number of aromatic nitrogens is 1. The number of benzene rings is 2. The number of anilines is 2. The third-order valence-electron chi connectivity index (χ3n) is 4.22. The molecule has 0 bridgehead atoms. The highest BCUT2D eigenvalue weighted by atomic mass is 35.5. The minimum absolute atomic E-state index is 0.0946. The molecule has 1 fully saturated rings. The van der Waals surface area contributed by atoms with E-state index in [1.54, 1.807) is 12.1 Å². The van der Waals surface area contributed by atoms with Crippen LogP contribution in [-0.4, -0.2) is 23.5 Å². The van der Waals surface area contributed by atoms with Gasteiger partial charge in [0.25, 0.3) is 6.01 Å². The Morgan fingerprint density at radius 1 is 1.21 bits per heavy atom. The first-order valence-electron chi connectivity index (χ1n) is 7.90. The maximum Gasteiger partial charge on any atom is 0.299 e. The van der Waals surface area contributed by atoms with Gasteiger partial charge >= 0.3 is 0 Å². The molecule has 1 N–H and O–H groups in total.